The van der Waals surface area contributed by atoms with Crippen molar-refractivity contribution in [1.82, 2.24) is 30.0 Å². The second-order valence-corrected chi connectivity index (χ2v) is 9.86. The number of aromatic amines is 1. The van der Waals surface area contributed by atoms with Gasteiger partial charge in [0.05, 0.1) is 31.6 Å². The van der Waals surface area contributed by atoms with Gasteiger partial charge in [0.1, 0.15) is 11.3 Å². The van der Waals surface area contributed by atoms with E-state index in [9.17, 15) is 18.0 Å². The van der Waals surface area contributed by atoms with Gasteiger partial charge in [0.25, 0.3) is 0 Å². The standard InChI is InChI=1S/C27H29F3N6O4/c1-16(2)36-6-4-35(5-7-36)14-19-12-32-25(40-19)20-8-17(10-23-22(20)13-33-34-23)18-9-21(24(38-3)31-11-18)26(37)39-15-27(28,29)30/h8-13,16H,4-7,14-15H2,1-3H3,(H,33,34). The third kappa shape index (κ3) is 6.10. The van der Waals surface area contributed by atoms with Crippen molar-refractivity contribution in [2.75, 3.05) is 39.9 Å². The lowest BCUT2D eigenvalue weighted by molar-refractivity contribution is -0.161. The van der Waals surface area contributed by atoms with Crippen LogP contribution < -0.4 is 4.74 Å². The van der Waals surface area contributed by atoms with Crippen molar-refractivity contribution in [2.24, 2.45) is 0 Å². The Morgan fingerprint density at radius 3 is 2.55 bits per heavy atom. The lowest BCUT2D eigenvalue weighted by atomic mass is 10.00. The number of esters is 1. The van der Waals surface area contributed by atoms with Gasteiger partial charge in [0.15, 0.2) is 6.61 Å². The monoisotopic (exact) mass is 558 g/mol. The van der Waals surface area contributed by atoms with Gasteiger partial charge in [-0.1, -0.05) is 0 Å². The van der Waals surface area contributed by atoms with Crippen LogP contribution in [0.5, 0.6) is 5.88 Å². The van der Waals surface area contributed by atoms with Crippen molar-refractivity contribution in [3.8, 4) is 28.5 Å². The third-order valence-electron chi connectivity index (χ3n) is 6.82. The van der Waals surface area contributed by atoms with E-state index in [1.807, 2.05) is 6.07 Å². The Kier molecular flexibility index (Phi) is 7.76. The minimum atomic E-state index is -4.66. The van der Waals surface area contributed by atoms with Gasteiger partial charge in [-0.25, -0.2) is 14.8 Å². The zero-order valence-electron chi connectivity index (χ0n) is 22.3. The van der Waals surface area contributed by atoms with Gasteiger partial charge in [0, 0.05) is 54.9 Å². The molecule has 0 unspecified atom stereocenters. The van der Waals surface area contributed by atoms with Crippen LogP contribution in [0.2, 0.25) is 0 Å². The average Bonchev–Trinajstić information content (AvgIpc) is 3.60. The molecule has 0 radical (unpaired) electrons. The molecule has 40 heavy (non-hydrogen) atoms. The molecule has 4 heterocycles. The van der Waals surface area contributed by atoms with Crippen molar-refractivity contribution in [3.63, 3.8) is 0 Å². The Bertz CT molecular complexity index is 1490. The summed E-state index contributed by atoms with van der Waals surface area (Å²) < 4.78 is 53.5. The Balaban J connectivity index is 1.42. The van der Waals surface area contributed by atoms with Gasteiger partial charge in [-0.3, -0.25) is 14.9 Å². The van der Waals surface area contributed by atoms with Crippen molar-refractivity contribution in [3.05, 3.63) is 48.1 Å². The topological polar surface area (TPSA) is 110 Å². The Morgan fingerprint density at radius 1 is 1.07 bits per heavy atom. The number of methoxy groups -OCH3 is 1. The van der Waals surface area contributed by atoms with Crippen LogP contribution >= 0.6 is 0 Å². The zero-order valence-corrected chi connectivity index (χ0v) is 22.3. The van der Waals surface area contributed by atoms with E-state index in [-0.39, 0.29) is 11.4 Å². The third-order valence-corrected chi connectivity index (χ3v) is 6.82. The zero-order chi connectivity index (χ0) is 28.4. The number of pyridine rings is 1. The molecule has 0 atom stereocenters. The lowest BCUT2D eigenvalue weighted by Crippen LogP contribution is -2.48. The fourth-order valence-corrected chi connectivity index (χ4v) is 4.70. The van der Waals surface area contributed by atoms with E-state index in [1.54, 1.807) is 18.5 Å². The van der Waals surface area contributed by atoms with E-state index in [0.29, 0.717) is 40.7 Å². The molecule has 0 aliphatic carbocycles. The Hall–Kier alpha value is -3.97. The van der Waals surface area contributed by atoms with Crippen molar-refractivity contribution >= 4 is 16.9 Å². The van der Waals surface area contributed by atoms with E-state index in [0.717, 1.165) is 37.3 Å². The van der Waals surface area contributed by atoms with Gasteiger partial charge in [-0.15, -0.1) is 0 Å². The number of carbonyl (C=O) groups is 1. The number of hydrogen-bond acceptors (Lipinski definition) is 9. The highest BCUT2D eigenvalue weighted by Gasteiger charge is 2.31. The number of oxazole rings is 1. The number of piperazine rings is 1. The summed E-state index contributed by atoms with van der Waals surface area (Å²) in [6.07, 6.45) is 0.173. The highest BCUT2D eigenvalue weighted by molar-refractivity contribution is 5.97. The molecule has 1 fully saturated rings. The molecule has 1 aromatic carbocycles. The summed E-state index contributed by atoms with van der Waals surface area (Å²) in [5, 5.41) is 7.84. The van der Waals surface area contributed by atoms with E-state index in [1.165, 1.54) is 19.4 Å². The van der Waals surface area contributed by atoms with E-state index >= 15 is 0 Å². The quantitative estimate of drug-likeness (QED) is 0.312. The maximum atomic E-state index is 12.6. The number of H-pyrrole nitrogens is 1. The first kappa shape index (κ1) is 27.6. The molecule has 1 aliphatic rings. The second kappa shape index (κ2) is 11.3. The number of benzene rings is 1. The minimum Gasteiger partial charge on any atom is -0.480 e. The number of nitrogens with zero attached hydrogens (tertiary/aromatic N) is 5. The number of hydrogen-bond donors (Lipinski definition) is 1. The SMILES string of the molecule is COc1ncc(-c2cc(-c3ncc(CN4CCN(C(C)C)CC4)o3)c3cn[nH]c3c2)cc1C(=O)OCC(F)(F)F. The molecule has 4 aromatic rings. The van der Waals surface area contributed by atoms with Crippen LogP contribution in [-0.2, 0) is 11.3 Å². The minimum absolute atomic E-state index is 0.148. The number of nitrogens with one attached hydrogen (secondary N) is 1. The molecule has 0 amide bonds. The normalized spacial score (nSPS) is 15.2. The smallest absolute Gasteiger partial charge is 0.422 e. The first-order valence-electron chi connectivity index (χ1n) is 12.8. The number of rotatable bonds is 8. The highest BCUT2D eigenvalue weighted by atomic mass is 19.4. The average molecular weight is 559 g/mol. The predicted octanol–water partition coefficient (Wildman–Crippen LogP) is 4.53. The molecule has 0 bridgehead atoms. The van der Waals surface area contributed by atoms with Crippen molar-refractivity contribution < 1.29 is 31.9 Å². The molecule has 10 nitrogen and oxygen atoms in total. The van der Waals surface area contributed by atoms with Crippen LogP contribution in [0, 0.1) is 0 Å². The Morgan fingerprint density at radius 2 is 1.85 bits per heavy atom. The van der Waals surface area contributed by atoms with E-state index in [4.69, 9.17) is 9.15 Å². The summed E-state index contributed by atoms with van der Waals surface area (Å²) in [4.78, 5) is 25.8. The number of alkyl halides is 3. The van der Waals surface area contributed by atoms with Crippen LogP contribution in [0.1, 0.15) is 30.0 Å². The van der Waals surface area contributed by atoms with Crippen LogP contribution in [-0.4, -0.2) is 88.0 Å². The molecule has 3 aromatic heterocycles. The van der Waals surface area contributed by atoms with Crippen LogP contribution in [0.3, 0.4) is 0 Å². The number of aromatic nitrogens is 4. The van der Waals surface area contributed by atoms with Gasteiger partial charge in [-0.05, 0) is 37.6 Å². The number of fused-ring (bicyclic) bond motifs is 1. The summed E-state index contributed by atoms with van der Waals surface area (Å²) >= 11 is 0. The molecular formula is C27H29F3N6O4. The summed E-state index contributed by atoms with van der Waals surface area (Å²) in [5.74, 6) is -0.213. The molecule has 212 valence electrons. The molecule has 0 spiro atoms. The molecule has 1 aliphatic heterocycles. The first-order chi connectivity index (χ1) is 19.1. The summed E-state index contributed by atoms with van der Waals surface area (Å²) in [7, 11) is 1.27. The summed E-state index contributed by atoms with van der Waals surface area (Å²) in [6.45, 7) is 7.19. The molecule has 1 N–H and O–H groups in total. The molecule has 1 saturated heterocycles. The van der Waals surface area contributed by atoms with Gasteiger partial charge in [-0.2, -0.15) is 18.3 Å². The molecule has 13 heteroatoms. The van der Waals surface area contributed by atoms with Gasteiger partial charge < -0.3 is 13.9 Å². The van der Waals surface area contributed by atoms with Crippen LogP contribution in [0.15, 0.2) is 41.2 Å². The number of ether oxygens (including phenoxy) is 2. The maximum Gasteiger partial charge on any atom is 0.422 e. The molecule has 0 saturated carbocycles. The first-order valence-corrected chi connectivity index (χ1v) is 12.8. The fraction of sp³-hybridized carbons (Fsp3) is 0.407. The van der Waals surface area contributed by atoms with Crippen LogP contribution in [0.25, 0.3) is 33.5 Å². The highest BCUT2D eigenvalue weighted by Crippen LogP contribution is 2.34. The van der Waals surface area contributed by atoms with Gasteiger partial charge >= 0.3 is 12.1 Å². The van der Waals surface area contributed by atoms with Gasteiger partial charge in [0.2, 0.25) is 11.8 Å². The number of halogens is 3. The summed E-state index contributed by atoms with van der Waals surface area (Å²) in [6, 6.07) is 5.50. The molecule has 5 rings (SSSR count). The fourth-order valence-electron chi connectivity index (χ4n) is 4.70. The Labute approximate surface area is 228 Å². The maximum absolute atomic E-state index is 12.6. The van der Waals surface area contributed by atoms with E-state index < -0.39 is 18.8 Å². The van der Waals surface area contributed by atoms with Crippen molar-refractivity contribution in [2.45, 2.75) is 32.6 Å². The largest absolute Gasteiger partial charge is 0.480 e. The second-order valence-electron chi connectivity index (χ2n) is 9.86. The number of carbonyl (C=O) groups excluding carboxylic acids is 1. The van der Waals surface area contributed by atoms with E-state index in [2.05, 4.69) is 48.5 Å². The summed E-state index contributed by atoms with van der Waals surface area (Å²) in [5.41, 5.74) is 2.17. The van der Waals surface area contributed by atoms with Crippen LogP contribution in [0.4, 0.5) is 13.2 Å². The molecular weight excluding hydrogens is 529 g/mol. The van der Waals surface area contributed by atoms with Crippen molar-refractivity contribution in [1.29, 1.82) is 0 Å². The predicted molar refractivity (Wildman–Crippen MR) is 140 cm³/mol. The lowest BCUT2D eigenvalue weighted by Gasteiger charge is -2.36.